The number of carbonyl (C=O) groups is 1. The van der Waals surface area contributed by atoms with Crippen LogP contribution in [0.15, 0.2) is 53.8 Å². The molecule has 1 amide bonds. The van der Waals surface area contributed by atoms with E-state index < -0.39 is 23.8 Å². The first kappa shape index (κ1) is 22.8. The normalized spacial score (nSPS) is 13.0. The van der Waals surface area contributed by atoms with Crippen molar-refractivity contribution in [3.63, 3.8) is 0 Å². The largest absolute Gasteiger partial charge is 0.418 e. The van der Waals surface area contributed by atoms with E-state index in [-0.39, 0.29) is 11.5 Å². The maximum atomic E-state index is 13.1. The number of hydrogen-bond acceptors (Lipinski definition) is 5. The van der Waals surface area contributed by atoms with Gasteiger partial charge in [-0.05, 0) is 51.1 Å². The van der Waals surface area contributed by atoms with Crippen LogP contribution in [0.4, 0.5) is 18.9 Å². The highest BCUT2D eigenvalue weighted by molar-refractivity contribution is 5.97. The number of nitrogens with two attached hydrogens (primary N) is 1. The standard InChI is InChI=1S/C21H21F3N6O2/c1-12-10-13(2)30(28-12)18-9-8-15(11-26-18)19(25)29-32-14(3)20(31)27-17-7-5-4-6-16(17)21(22,23)24/h4-11,14H,1-3H3,(H2,25,29)(H,27,31). The van der Waals surface area contributed by atoms with E-state index >= 15 is 0 Å². The third-order valence-corrected chi connectivity index (χ3v) is 4.44. The molecular formula is C21H21F3N6O2. The van der Waals surface area contributed by atoms with Gasteiger partial charge in [0.2, 0.25) is 6.10 Å². The summed E-state index contributed by atoms with van der Waals surface area (Å²) in [6.45, 7) is 5.12. The number of carbonyl (C=O) groups excluding carboxylic acids is 1. The van der Waals surface area contributed by atoms with Gasteiger partial charge in [-0.1, -0.05) is 17.3 Å². The summed E-state index contributed by atoms with van der Waals surface area (Å²) in [5.41, 5.74) is 6.75. The Hall–Kier alpha value is -3.89. The summed E-state index contributed by atoms with van der Waals surface area (Å²) in [5, 5.41) is 10.2. The summed E-state index contributed by atoms with van der Waals surface area (Å²) in [6, 6.07) is 9.92. The summed E-state index contributed by atoms with van der Waals surface area (Å²) < 4.78 is 40.9. The van der Waals surface area contributed by atoms with Crippen molar-refractivity contribution in [1.29, 1.82) is 0 Å². The molecule has 0 spiro atoms. The fourth-order valence-corrected chi connectivity index (χ4v) is 2.83. The number of oxime groups is 1. The van der Waals surface area contributed by atoms with Crippen molar-refractivity contribution < 1.29 is 22.8 Å². The van der Waals surface area contributed by atoms with Crippen molar-refractivity contribution >= 4 is 17.4 Å². The number of para-hydroxylation sites is 1. The minimum Gasteiger partial charge on any atom is -0.381 e. The number of amidine groups is 1. The van der Waals surface area contributed by atoms with Crippen molar-refractivity contribution in [3.8, 4) is 5.82 Å². The number of amides is 1. The van der Waals surface area contributed by atoms with E-state index in [1.165, 1.54) is 25.3 Å². The summed E-state index contributed by atoms with van der Waals surface area (Å²) in [5.74, 6) is -0.270. The van der Waals surface area contributed by atoms with Crippen LogP contribution in [-0.4, -0.2) is 32.6 Å². The van der Waals surface area contributed by atoms with Gasteiger partial charge in [-0.3, -0.25) is 4.79 Å². The lowest BCUT2D eigenvalue weighted by molar-refractivity contribution is -0.137. The van der Waals surface area contributed by atoms with E-state index in [9.17, 15) is 18.0 Å². The van der Waals surface area contributed by atoms with E-state index in [0.717, 1.165) is 23.5 Å². The van der Waals surface area contributed by atoms with Crippen LogP contribution in [0.25, 0.3) is 5.82 Å². The Bertz CT molecular complexity index is 1140. The molecule has 3 rings (SSSR count). The van der Waals surface area contributed by atoms with Gasteiger partial charge >= 0.3 is 6.18 Å². The number of anilines is 1. The summed E-state index contributed by atoms with van der Waals surface area (Å²) >= 11 is 0. The molecule has 168 valence electrons. The van der Waals surface area contributed by atoms with Crippen LogP contribution < -0.4 is 11.1 Å². The van der Waals surface area contributed by atoms with Crippen LogP contribution in [0.5, 0.6) is 0 Å². The summed E-state index contributed by atoms with van der Waals surface area (Å²) in [7, 11) is 0. The van der Waals surface area contributed by atoms with Gasteiger partial charge in [-0.15, -0.1) is 0 Å². The van der Waals surface area contributed by atoms with Crippen molar-refractivity contribution in [2.45, 2.75) is 33.1 Å². The third-order valence-electron chi connectivity index (χ3n) is 4.44. The van der Waals surface area contributed by atoms with Crippen molar-refractivity contribution in [2.75, 3.05) is 5.32 Å². The molecule has 8 nitrogen and oxygen atoms in total. The number of nitrogens with one attached hydrogen (secondary N) is 1. The minimum absolute atomic E-state index is 0.0484. The first-order valence-corrected chi connectivity index (χ1v) is 9.52. The fourth-order valence-electron chi connectivity index (χ4n) is 2.83. The van der Waals surface area contributed by atoms with E-state index in [1.54, 1.807) is 16.8 Å². The molecule has 2 aromatic heterocycles. The Morgan fingerprint density at radius 1 is 1.22 bits per heavy atom. The average Bonchev–Trinajstić information content (AvgIpc) is 3.09. The van der Waals surface area contributed by atoms with Crippen LogP contribution in [0.1, 0.15) is 29.4 Å². The van der Waals surface area contributed by atoms with Gasteiger partial charge in [0.15, 0.2) is 11.7 Å². The number of pyridine rings is 1. The highest BCUT2D eigenvalue weighted by atomic mass is 19.4. The average molecular weight is 446 g/mol. The van der Waals surface area contributed by atoms with Gasteiger partial charge in [0, 0.05) is 17.5 Å². The SMILES string of the molecule is Cc1cc(C)n(-c2ccc(/C(N)=N\OC(C)C(=O)Nc3ccccc3C(F)(F)F)cn2)n1. The molecule has 3 aromatic rings. The first-order chi connectivity index (χ1) is 15.1. The summed E-state index contributed by atoms with van der Waals surface area (Å²) in [6.07, 6.45) is -4.33. The molecule has 0 aliphatic carbocycles. The van der Waals surface area contributed by atoms with Crippen LogP contribution >= 0.6 is 0 Å². The maximum absolute atomic E-state index is 13.1. The maximum Gasteiger partial charge on any atom is 0.418 e. The van der Waals surface area contributed by atoms with E-state index in [0.29, 0.717) is 11.4 Å². The first-order valence-electron chi connectivity index (χ1n) is 9.52. The van der Waals surface area contributed by atoms with Gasteiger partial charge in [-0.2, -0.15) is 18.3 Å². The second-order valence-corrected chi connectivity index (χ2v) is 7.00. The monoisotopic (exact) mass is 446 g/mol. The molecular weight excluding hydrogens is 425 g/mol. The Kier molecular flexibility index (Phi) is 6.47. The number of halogens is 3. The van der Waals surface area contributed by atoms with Crippen LogP contribution in [0, 0.1) is 13.8 Å². The molecule has 0 aliphatic heterocycles. The quantitative estimate of drug-likeness (QED) is 0.342. The van der Waals surface area contributed by atoms with Crippen LogP contribution in [-0.2, 0) is 15.8 Å². The smallest absolute Gasteiger partial charge is 0.381 e. The van der Waals surface area contributed by atoms with Crippen molar-refractivity contribution in [3.05, 3.63) is 71.2 Å². The zero-order chi connectivity index (χ0) is 23.5. The molecule has 1 aromatic carbocycles. The fraction of sp³-hybridized carbons (Fsp3) is 0.238. The second kappa shape index (κ2) is 9.08. The molecule has 3 N–H and O–H groups in total. The molecule has 0 aliphatic rings. The predicted octanol–water partition coefficient (Wildman–Crippen LogP) is 3.57. The number of hydrogen-bond donors (Lipinski definition) is 2. The zero-order valence-electron chi connectivity index (χ0n) is 17.5. The predicted molar refractivity (Wildman–Crippen MR) is 112 cm³/mol. The molecule has 1 atom stereocenters. The highest BCUT2D eigenvalue weighted by Crippen LogP contribution is 2.34. The topological polar surface area (TPSA) is 107 Å². The Balaban J connectivity index is 1.66. The van der Waals surface area contributed by atoms with Crippen molar-refractivity contribution in [1.82, 2.24) is 14.8 Å². The van der Waals surface area contributed by atoms with Gasteiger partial charge in [0.25, 0.3) is 5.91 Å². The molecule has 0 saturated carbocycles. The van der Waals surface area contributed by atoms with Gasteiger partial charge in [0.05, 0.1) is 16.9 Å². The lowest BCUT2D eigenvalue weighted by atomic mass is 10.1. The van der Waals surface area contributed by atoms with Crippen LogP contribution in [0.2, 0.25) is 0 Å². The van der Waals surface area contributed by atoms with E-state index in [1.807, 2.05) is 19.9 Å². The molecule has 2 heterocycles. The number of aryl methyl sites for hydroxylation is 2. The van der Waals surface area contributed by atoms with Crippen molar-refractivity contribution in [2.24, 2.45) is 10.9 Å². The Labute approximate surface area is 181 Å². The number of nitrogens with zero attached hydrogens (tertiary/aromatic N) is 4. The van der Waals surface area contributed by atoms with Gasteiger partial charge in [0.1, 0.15) is 0 Å². The number of alkyl halides is 3. The Morgan fingerprint density at radius 2 is 1.94 bits per heavy atom. The minimum atomic E-state index is -4.61. The number of aromatic nitrogens is 3. The lowest BCUT2D eigenvalue weighted by Crippen LogP contribution is -2.28. The molecule has 0 radical (unpaired) electrons. The Morgan fingerprint density at radius 3 is 2.53 bits per heavy atom. The second-order valence-electron chi connectivity index (χ2n) is 7.00. The number of benzene rings is 1. The van der Waals surface area contributed by atoms with E-state index in [2.05, 4.69) is 20.6 Å². The van der Waals surface area contributed by atoms with Gasteiger partial charge < -0.3 is 15.9 Å². The van der Waals surface area contributed by atoms with E-state index in [4.69, 9.17) is 10.6 Å². The molecule has 32 heavy (non-hydrogen) atoms. The zero-order valence-corrected chi connectivity index (χ0v) is 17.5. The molecule has 0 saturated heterocycles. The lowest BCUT2D eigenvalue weighted by Gasteiger charge is -2.15. The number of rotatable bonds is 6. The highest BCUT2D eigenvalue weighted by Gasteiger charge is 2.34. The van der Waals surface area contributed by atoms with Crippen LogP contribution in [0.3, 0.4) is 0 Å². The third kappa shape index (κ3) is 5.23. The molecule has 11 heteroatoms. The molecule has 0 fully saturated rings. The molecule has 1 unspecified atom stereocenters. The summed E-state index contributed by atoms with van der Waals surface area (Å²) in [4.78, 5) is 21.6. The molecule has 0 bridgehead atoms. The van der Waals surface area contributed by atoms with Gasteiger partial charge in [-0.25, -0.2) is 9.67 Å².